The van der Waals surface area contributed by atoms with Gasteiger partial charge in [-0.05, 0) is 25.1 Å². The Bertz CT molecular complexity index is 506. The van der Waals surface area contributed by atoms with Crippen LogP contribution in [0.3, 0.4) is 0 Å². The molecule has 18 heavy (non-hydrogen) atoms. The first-order valence-corrected chi connectivity index (χ1v) is 7.64. The third-order valence-corrected chi connectivity index (χ3v) is 4.68. The third-order valence-electron chi connectivity index (χ3n) is 2.93. The summed E-state index contributed by atoms with van der Waals surface area (Å²) in [5.41, 5.74) is 5.95. The largest absolute Gasteiger partial charge is 0.330 e. The van der Waals surface area contributed by atoms with Gasteiger partial charge in [0.2, 0.25) is 0 Å². The summed E-state index contributed by atoms with van der Waals surface area (Å²) in [7, 11) is -3.20. The summed E-state index contributed by atoms with van der Waals surface area (Å²) >= 11 is 0. The molecule has 5 heteroatoms. The lowest BCUT2D eigenvalue weighted by molar-refractivity contribution is 0.0925. The van der Waals surface area contributed by atoms with Crippen LogP contribution < -0.4 is 5.73 Å². The van der Waals surface area contributed by atoms with Crippen molar-refractivity contribution in [1.82, 2.24) is 0 Å². The second-order valence-electron chi connectivity index (χ2n) is 4.27. The van der Waals surface area contributed by atoms with Gasteiger partial charge in [-0.15, -0.1) is 0 Å². The van der Waals surface area contributed by atoms with E-state index in [9.17, 15) is 13.2 Å². The SMILES string of the molecule is CCS(=O)(=O)c1ccc(C(=O)C(C)CCN)cc1. The van der Waals surface area contributed by atoms with Gasteiger partial charge < -0.3 is 5.73 Å². The molecule has 1 atom stereocenters. The first-order valence-electron chi connectivity index (χ1n) is 5.99. The Labute approximate surface area is 108 Å². The molecule has 0 fully saturated rings. The fourth-order valence-corrected chi connectivity index (χ4v) is 2.54. The van der Waals surface area contributed by atoms with Crippen molar-refractivity contribution in [3.8, 4) is 0 Å². The van der Waals surface area contributed by atoms with Crippen LogP contribution in [0.2, 0.25) is 0 Å². The first-order chi connectivity index (χ1) is 8.42. The summed E-state index contributed by atoms with van der Waals surface area (Å²) in [4.78, 5) is 12.2. The van der Waals surface area contributed by atoms with Crippen molar-refractivity contribution in [3.05, 3.63) is 29.8 Å². The molecule has 0 aliphatic rings. The molecule has 0 aliphatic heterocycles. The molecule has 0 heterocycles. The Kier molecular flexibility index (Phi) is 5.04. The van der Waals surface area contributed by atoms with Crippen molar-refractivity contribution in [2.45, 2.75) is 25.2 Å². The zero-order chi connectivity index (χ0) is 13.8. The fraction of sp³-hybridized carbons (Fsp3) is 0.462. The van der Waals surface area contributed by atoms with E-state index < -0.39 is 9.84 Å². The number of rotatable bonds is 6. The highest BCUT2D eigenvalue weighted by molar-refractivity contribution is 7.91. The Balaban J connectivity index is 2.93. The van der Waals surface area contributed by atoms with Crippen LogP contribution >= 0.6 is 0 Å². The number of benzene rings is 1. The average molecular weight is 269 g/mol. The maximum atomic E-state index is 12.0. The summed E-state index contributed by atoms with van der Waals surface area (Å²) in [5, 5.41) is 0. The number of carbonyl (C=O) groups excluding carboxylic acids is 1. The molecular weight excluding hydrogens is 250 g/mol. The molecule has 0 bridgehead atoms. The molecule has 1 aromatic carbocycles. The maximum absolute atomic E-state index is 12.0. The molecule has 0 saturated heterocycles. The van der Waals surface area contributed by atoms with Gasteiger partial charge >= 0.3 is 0 Å². The minimum Gasteiger partial charge on any atom is -0.330 e. The van der Waals surface area contributed by atoms with E-state index in [0.29, 0.717) is 18.5 Å². The number of sulfone groups is 1. The molecule has 1 aromatic rings. The number of nitrogens with two attached hydrogens (primary N) is 1. The molecule has 0 saturated carbocycles. The Hall–Kier alpha value is -1.20. The number of hydrogen-bond acceptors (Lipinski definition) is 4. The van der Waals surface area contributed by atoms with Crippen LogP contribution in [0.25, 0.3) is 0 Å². The van der Waals surface area contributed by atoms with Crippen molar-refractivity contribution in [2.75, 3.05) is 12.3 Å². The van der Waals surface area contributed by atoms with Crippen LogP contribution in [0, 0.1) is 5.92 Å². The van der Waals surface area contributed by atoms with E-state index in [4.69, 9.17) is 5.73 Å². The Morgan fingerprint density at radius 2 is 1.83 bits per heavy atom. The van der Waals surface area contributed by atoms with E-state index in [0.717, 1.165) is 0 Å². The summed E-state index contributed by atoms with van der Waals surface area (Å²) in [5.74, 6) is -0.0753. The molecule has 1 rings (SSSR count). The zero-order valence-corrected chi connectivity index (χ0v) is 11.5. The van der Waals surface area contributed by atoms with Crippen molar-refractivity contribution >= 4 is 15.6 Å². The predicted octanol–water partition coefficient (Wildman–Crippen LogP) is 1.65. The molecular formula is C13H19NO3S. The lowest BCUT2D eigenvalue weighted by Gasteiger charge is -2.09. The van der Waals surface area contributed by atoms with E-state index in [1.54, 1.807) is 19.1 Å². The standard InChI is InChI=1S/C13H19NO3S/c1-3-18(16,17)12-6-4-11(5-7-12)13(15)10(2)8-9-14/h4-7,10H,3,8-9,14H2,1-2H3. The maximum Gasteiger partial charge on any atom is 0.178 e. The highest BCUT2D eigenvalue weighted by atomic mass is 32.2. The van der Waals surface area contributed by atoms with Crippen LogP contribution in [0.1, 0.15) is 30.6 Å². The van der Waals surface area contributed by atoms with Gasteiger partial charge in [0.15, 0.2) is 15.6 Å². The summed E-state index contributed by atoms with van der Waals surface area (Å²) in [6.45, 7) is 3.89. The molecule has 0 amide bonds. The first kappa shape index (κ1) is 14.9. The molecule has 4 nitrogen and oxygen atoms in total. The second kappa shape index (κ2) is 6.11. The van der Waals surface area contributed by atoms with E-state index >= 15 is 0 Å². The number of ketones is 1. The van der Waals surface area contributed by atoms with Gasteiger partial charge in [0, 0.05) is 11.5 Å². The molecule has 100 valence electrons. The van der Waals surface area contributed by atoms with Crippen LogP contribution in [0.4, 0.5) is 0 Å². The normalized spacial score (nSPS) is 13.3. The highest BCUT2D eigenvalue weighted by Crippen LogP contribution is 2.16. The highest BCUT2D eigenvalue weighted by Gasteiger charge is 2.16. The minimum atomic E-state index is -3.20. The van der Waals surface area contributed by atoms with Crippen LogP contribution in [0.5, 0.6) is 0 Å². The van der Waals surface area contributed by atoms with Gasteiger partial charge in [-0.1, -0.05) is 26.0 Å². The van der Waals surface area contributed by atoms with Gasteiger partial charge in [-0.3, -0.25) is 4.79 Å². The van der Waals surface area contributed by atoms with Crippen molar-refractivity contribution < 1.29 is 13.2 Å². The summed E-state index contributed by atoms with van der Waals surface area (Å²) < 4.78 is 23.2. The third kappa shape index (κ3) is 3.40. The van der Waals surface area contributed by atoms with Gasteiger partial charge in [-0.25, -0.2) is 8.42 Å². The molecule has 0 aliphatic carbocycles. The van der Waals surface area contributed by atoms with Crippen LogP contribution in [0.15, 0.2) is 29.2 Å². The summed E-state index contributed by atoms with van der Waals surface area (Å²) in [6, 6.07) is 6.11. The number of Topliss-reactive ketones (excluding diaryl/α,β-unsaturated/α-hetero) is 1. The Morgan fingerprint density at radius 1 is 1.28 bits per heavy atom. The van der Waals surface area contributed by atoms with Crippen molar-refractivity contribution in [3.63, 3.8) is 0 Å². The van der Waals surface area contributed by atoms with Gasteiger partial charge in [0.1, 0.15) is 0 Å². The van der Waals surface area contributed by atoms with Crippen molar-refractivity contribution in [2.24, 2.45) is 11.7 Å². The number of hydrogen-bond donors (Lipinski definition) is 1. The van der Waals surface area contributed by atoms with Crippen LogP contribution in [-0.4, -0.2) is 26.5 Å². The molecule has 1 unspecified atom stereocenters. The zero-order valence-electron chi connectivity index (χ0n) is 10.7. The molecule has 0 aromatic heterocycles. The molecule has 2 N–H and O–H groups in total. The summed E-state index contributed by atoms with van der Waals surface area (Å²) in [6.07, 6.45) is 0.633. The number of carbonyl (C=O) groups is 1. The van der Waals surface area contributed by atoms with E-state index in [2.05, 4.69) is 0 Å². The van der Waals surface area contributed by atoms with Gasteiger partial charge in [0.05, 0.1) is 10.6 Å². The lowest BCUT2D eigenvalue weighted by Crippen LogP contribution is -2.15. The lowest BCUT2D eigenvalue weighted by atomic mass is 9.97. The molecule has 0 radical (unpaired) electrons. The average Bonchev–Trinajstić information content (AvgIpc) is 2.38. The topological polar surface area (TPSA) is 77.2 Å². The minimum absolute atomic E-state index is 0.000830. The quantitative estimate of drug-likeness (QED) is 0.796. The Morgan fingerprint density at radius 3 is 2.28 bits per heavy atom. The molecule has 0 spiro atoms. The van der Waals surface area contributed by atoms with Crippen molar-refractivity contribution in [1.29, 1.82) is 0 Å². The van der Waals surface area contributed by atoms with Gasteiger partial charge in [0.25, 0.3) is 0 Å². The van der Waals surface area contributed by atoms with E-state index in [1.165, 1.54) is 12.1 Å². The fourth-order valence-electron chi connectivity index (χ4n) is 1.66. The smallest absolute Gasteiger partial charge is 0.178 e. The second-order valence-corrected chi connectivity index (χ2v) is 6.55. The monoisotopic (exact) mass is 269 g/mol. The van der Waals surface area contributed by atoms with Crippen LogP contribution in [-0.2, 0) is 9.84 Å². The van der Waals surface area contributed by atoms with E-state index in [1.807, 2.05) is 6.92 Å². The van der Waals surface area contributed by atoms with E-state index in [-0.39, 0.29) is 22.3 Å². The predicted molar refractivity (Wildman–Crippen MR) is 71.3 cm³/mol. The van der Waals surface area contributed by atoms with Gasteiger partial charge in [-0.2, -0.15) is 0 Å².